The first kappa shape index (κ1) is 17.6. The van der Waals surface area contributed by atoms with Gasteiger partial charge in [-0.25, -0.2) is 4.79 Å². The molecule has 4 nitrogen and oxygen atoms in total. The molecule has 3 aromatic carbocycles. The molecule has 0 fully saturated rings. The van der Waals surface area contributed by atoms with E-state index in [1.165, 1.54) is 0 Å². The first-order valence-corrected chi connectivity index (χ1v) is 9.44. The number of ether oxygens (including phenoxy) is 1. The highest BCUT2D eigenvalue weighted by molar-refractivity contribution is 7.99. The van der Waals surface area contributed by atoms with Crippen molar-refractivity contribution in [1.29, 1.82) is 0 Å². The Bertz CT molecular complexity index is 974. The van der Waals surface area contributed by atoms with E-state index in [1.54, 1.807) is 40.9 Å². The largest absolute Gasteiger partial charge is 0.452 e. The topological polar surface area (TPSA) is 46.6 Å². The maximum atomic E-state index is 12.9. The van der Waals surface area contributed by atoms with Crippen LogP contribution in [0.2, 0.25) is 5.02 Å². The molecule has 27 heavy (non-hydrogen) atoms. The third-order valence-corrected chi connectivity index (χ3v) is 5.47. The van der Waals surface area contributed by atoms with Crippen LogP contribution in [0, 0.1) is 0 Å². The van der Waals surface area contributed by atoms with Gasteiger partial charge in [-0.3, -0.25) is 9.69 Å². The average Bonchev–Trinajstić information content (AvgIpc) is 2.70. The molecule has 0 aromatic heterocycles. The number of para-hydroxylation sites is 2. The second kappa shape index (κ2) is 7.47. The quantitative estimate of drug-likeness (QED) is 0.562. The minimum Gasteiger partial charge on any atom is -0.452 e. The van der Waals surface area contributed by atoms with Crippen LogP contribution in [0.5, 0.6) is 0 Å². The van der Waals surface area contributed by atoms with Gasteiger partial charge in [0.1, 0.15) is 0 Å². The molecule has 0 unspecified atom stereocenters. The van der Waals surface area contributed by atoms with Gasteiger partial charge in [-0.2, -0.15) is 0 Å². The summed E-state index contributed by atoms with van der Waals surface area (Å²) in [6, 6.07) is 21.7. The van der Waals surface area contributed by atoms with Gasteiger partial charge in [0.2, 0.25) is 0 Å². The number of nitrogens with zero attached hydrogens (tertiary/aromatic N) is 1. The van der Waals surface area contributed by atoms with Crippen molar-refractivity contribution in [2.75, 3.05) is 11.5 Å². The van der Waals surface area contributed by atoms with Gasteiger partial charge in [0, 0.05) is 14.8 Å². The zero-order valence-corrected chi connectivity index (χ0v) is 15.7. The van der Waals surface area contributed by atoms with Gasteiger partial charge >= 0.3 is 5.97 Å². The Morgan fingerprint density at radius 3 is 2.00 bits per heavy atom. The first-order chi connectivity index (χ1) is 13.1. The molecule has 1 heterocycles. The van der Waals surface area contributed by atoms with E-state index in [4.69, 9.17) is 16.3 Å². The number of amides is 1. The summed E-state index contributed by atoms with van der Waals surface area (Å²) in [5.41, 5.74) is 1.92. The Balaban J connectivity index is 1.57. The summed E-state index contributed by atoms with van der Waals surface area (Å²) >= 11 is 7.44. The van der Waals surface area contributed by atoms with Crippen LogP contribution in [0.4, 0.5) is 11.4 Å². The van der Waals surface area contributed by atoms with Crippen molar-refractivity contribution in [2.24, 2.45) is 0 Å². The predicted octanol–water partition coefficient (Wildman–Crippen LogP) is 5.33. The molecule has 0 N–H and O–H groups in total. The minimum absolute atomic E-state index is 0.308. The van der Waals surface area contributed by atoms with Gasteiger partial charge in [-0.05, 0) is 48.5 Å². The lowest BCUT2D eigenvalue weighted by Crippen LogP contribution is -2.32. The van der Waals surface area contributed by atoms with Crippen molar-refractivity contribution in [3.63, 3.8) is 0 Å². The fourth-order valence-electron chi connectivity index (χ4n) is 2.83. The zero-order chi connectivity index (χ0) is 18.8. The van der Waals surface area contributed by atoms with Gasteiger partial charge in [-0.15, -0.1) is 0 Å². The first-order valence-electron chi connectivity index (χ1n) is 8.25. The van der Waals surface area contributed by atoms with E-state index < -0.39 is 5.97 Å². The molecular weight excluding hydrogens is 382 g/mol. The average molecular weight is 396 g/mol. The molecule has 0 atom stereocenters. The monoisotopic (exact) mass is 395 g/mol. The van der Waals surface area contributed by atoms with Gasteiger partial charge in [-0.1, -0.05) is 47.6 Å². The Labute approximate surface area is 165 Å². The second-order valence-electron chi connectivity index (χ2n) is 5.85. The predicted molar refractivity (Wildman–Crippen MR) is 106 cm³/mol. The molecule has 0 radical (unpaired) electrons. The molecular formula is C21H14ClNO3S. The van der Waals surface area contributed by atoms with Crippen LogP contribution < -0.4 is 4.90 Å². The number of anilines is 2. The van der Waals surface area contributed by atoms with Crippen molar-refractivity contribution in [1.82, 2.24) is 0 Å². The fourth-order valence-corrected chi connectivity index (χ4v) is 4.02. The molecule has 0 spiro atoms. The van der Waals surface area contributed by atoms with Crippen LogP contribution in [0.3, 0.4) is 0 Å². The number of esters is 1. The van der Waals surface area contributed by atoms with E-state index in [9.17, 15) is 9.59 Å². The number of benzene rings is 3. The number of carbonyl (C=O) groups is 2. The number of rotatable bonds is 3. The van der Waals surface area contributed by atoms with Gasteiger partial charge in [0.25, 0.3) is 5.91 Å². The van der Waals surface area contributed by atoms with Crippen molar-refractivity contribution in [3.8, 4) is 0 Å². The summed E-state index contributed by atoms with van der Waals surface area (Å²) in [6.07, 6.45) is 0. The van der Waals surface area contributed by atoms with Gasteiger partial charge < -0.3 is 4.74 Å². The molecule has 0 saturated carbocycles. The molecule has 1 aliphatic rings. The van der Waals surface area contributed by atoms with E-state index in [0.717, 1.165) is 21.2 Å². The van der Waals surface area contributed by atoms with Crippen molar-refractivity contribution in [3.05, 3.63) is 83.4 Å². The number of halogens is 1. The molecule has 6 heteroatoms. The van der Waals surface area contributed by atoms with Crippen molar-refractivity contribution in [2.45, 2.75) is 9.79 Å². The Morgan fingerprint density at radius 2 is 1.41 bits per heavy atom. The van der Waals surface area contributed by atoms with E-state index in [0.29, 0.717) is 10.6 Å². The lowest BCUT2D eigenvalue weighted by molar-refractivity contribution is -0.121. The second-order valence-corrected chi connectivity index (χ2v) is 7.37. The standard InChI is InChI=1S/C21H14ClNO3S/c22-15-11-9-14(10-12-15)21(25)26-13-20(24)23-16-5-1-3-7-18(16)27-19-8-4-2-6-17(19)23/h1-12H,13H2. The number of hydrogen-bond acceptors (Lipinski definition) is 4. The summed E-state index contributed by atoms with van der Waals surface area (Å²) in [7, 11) is 0. The number of hydrogen-bond donors (Lipinski definition) is 0. The van der Waals surface area contributed by atoms with Crippen LogP contribution in [-0.4, -0.2) is 18.5 Å². The molecule has 134 valence electrons. The third-order valence-electron chi connectivity index (χ3n) is 4.09. The Hall–Kier alpha value is -2.76. The Morgan fingerprint density at radius 1 is 0.852 bits per heavy atom. The molecule has 0 bridgehead atoms. The molecule has 1 aliphatic heterocycles. The SMILES string of the molecule is O=C(OCC(=O)N1c2ccccc2Sc2ccccc21)c1ccc(Cl)cc1. The normalized spacial score (nSPS) is 12.1. The smallest absolute Gasteiger partial charge is 0.338 e. The highest BCUT2D eigenvalue weighted by atomic mass is 35.5. The van der Waals surface area contributed by atoms with Crippen LogP contribution in [0.1, 0.15) is 10.4 Å². The summed E-state index contributed by atoms with van der Waals surface area (Å²) in [4.78, 5) is 28.7. The highest BCUT2D eigenvalue weighted by Crippen LogP contribution is 2.47. The summed E-state index contributed by atoms with van der Waals surface area (Å²) < 4.78 is 5.23. The van der Waals surface area contributed by atoms with E-state index >= 15 is 0 Å². The zero-order valence-electron chi connectivity index (χ0n) is 14.1. The summed E-state index contributed by atoms with van der Waals surface area (Å²) in [5.74, 6) is -0.870. The van der Waals surface area contributed by atoms with Crippen LogP contribution in [0.25, 0.3) is 0 Å². The van der Waals surface area contributed by atoms with Crippen molar-refractivity contribution >= 4 is 46.6 Å². The minimum atomic E-state index is -0.562. The lowest BCUT2D eigenvalue weighted by atomic mass is 10.2. The maximum absolute atomic E-state index is 12.9. The van der Waals surface area contributed by atoms with Crippen LogP contribution >= 0.6 is 23.4 Å². The van der Waals surface area contributed by atoms with Crippen LogP contribution in [0.15, 0.2) is 82.6 Å². The maximum Gasteiger partial charge on any atom is 0.338 e. The fraction of sp³-hybridized carbons (Fsp3) is 0.0476. The van der Waals surface area contributed by atoms with E-state index in [2.05, 4.69) is 0 Å². The molecule has 4 rings (SSSR count). The van der Waals surface area contributed by atoms with Crippen LogP contribution in [-0.2, 0) is 9.53 Å². The van der Waals surface area contributed by atoms with E-state index in [1.807, 2.05) is 48.5 Å². The third kappa shape index (κ3) is 3.56. The molecule has 0 saturated heterocycles. The van der Waals surface area contributed by atoms with E-state index in [-0.39, 0.29) is 12.5 Å². The lowest BCUT2D eigenvalue weighted by Gasteiger charge is -2.30. The molecule has 3 aromatic rings. The van der Waals surface area contributed by atoms with Gasteiger partial charge in [0.15, 0.2) is 6.61 Å². The van der Waals surface area contributed by atoms with Gasteiger partial charge in [0.05, 0.1) is 16.9 Å². The highest BCUT2D eigenvalue weighted by Gasteiger charge is 2.28. The summed E-state index contributed by atoms with van der Waals surface area (Å²) in [5, 5.41) is 0.529. The molecule has 1 amide bonds. The van der Waals surface area contributed by atoms with Crippen molar-refractivity contribution < 1.29 is 14.3 Å². The Kier molecular flexibility index (Phi) is 4.88. The number of fused-ring (bicyclic) bond motifs is 2. The molecule has 0 aliphatic carbocycles. The summed E-state index contributed by atoms with van der Waals surface area (Å²) in [6.45, 7) is -0.352. The number of carbonyl (C=O) groups excluding carboxylic acids is 2.